The lowest BCUT2D eigenvalue weighted by Crippen LogP contribution is -2.39. The van der Waals surface area contributed by atoms with Gasteiger partial charge in [-0.1, -0.05) is 25.1 Å². The number of carbonyl (C=O) groups is 1. The minimum Gasteiger partial charge on any atom is -0.385 e. The Labute approximate surface area is 122 Å². The number of nitrogens with zero attached hydrogens (tertiary/aromatic N) is 1. The van der Waals surface area contributed by atoms with E-state index >= 15 is 0 Å². The third-order valence-corrected chi connectivity index (χ3v) is 3.31. The number of amides is 2. The third kappa shape index (κ3) is 5.51. The molecule has 112 valence electrons. The number of hydrogen-bond acceptors (Lipinski definition) is 2. The number of nitrogens with one attached hydrogen (secondary N) is 2. The molecule has 20 heavy (non-hydrogen) atoms. The van der Waals surface area contributed by atoms with E-state index in [1.807, 2.05) is 17.0 Å². The average molecular weight is 277 g/mol. The minimum absolute atomic E-state index is 0.0266. The van der Waals surface area contributed by atoms with E-state index in [0.717, 1.165) is 38.9 Å². The first-order chi connectivity index (χ1) is 9.69. The summed E-state index contributed by atoms with van der Waals surface area (Å²) >= 11 is 0. The van der Waals surface area contributed by atoms with Crippen LogP contribution in [0.25, 0.3) is 0 Å². The fourth-order valence-corrected chi connectivity index (χ4v) is 2.16. The number of carbonyl (C=O) groups excluding carboxylic acids is 1. The number of anilines is 1. The second-order valence-corrected chi connectivity index (χ2v) is 4.99. The number of aryl methyl sites for hydroxylation is 1. The lowest BCUT2D eigenvalue weighted by molar-refractivity contribution is 0.199. The van der Waals surface area contributed by atoms with Gasteiger partial charge in [0.05, 0.1) is 0 Å². The molecule has 4 heteroatoms. The van der Waals surface area contributed by atoms with E-state index in [1.165, 1.54) is 11.3 Å². The molecular formula is C16H27N3O. The number of hydrogen-bond donors (Lipinski definition) is 2. The van der Waals surface area contributed by atoms with Crippen molar-refractivity contribution >= 4 is 11.7 Å². The molecule has 0 heterocycles. The first kappa shape index (κ1) is 16.3. The lowest BCUT2D eigenvalue weighted by atomic mass is 10.2. The normalized spacial score (nSPS) is 10.2. The lowest BCUT2D eigenvalue weighted by Gasteiger charge is -2.21. The molecule has 0 spiro atoms. The van der Waals surface area contributed by atoms with Crippen molar-refractivity contribution in [1.29, 1.82) is 0 Å². The number of unbranched alkanes of at least 4 members (excludes halogenated alkanes) is 1. The molecule has 0 aromatic heterocycles. The third-order valence-electron chi connectivity index (χ3n) is 3.31. The van der Waals surface area contributed by atoms with E-state index in [1.54, 1.807) is 7.05 Å². The average Bonchev–Trinajstić information content (AvgIpc) is 2.46. The standard InChI is InChI=1S/C16H27N3O/c1-4-12-19(16(20)17-3)13-8-7-11-18-15-10-6-5-9-14(15)2/h5-6,9-10,18H,4,7-8,11-13H2,1-3H3,(H,17,20). The van der Waals surface area contributed by atoms with Crippen LogP contribution in [0.3, 0.4) is 0 Å². The van der Waals surface area contributed by atoms with Crippen molar-refractivity contribution in [2.24, 2.45) is 0 Å². The summed E-state index contributed by atoms with van der Waals surface area (Å²) in [6.45, 7) is 6.79. The second kappa shape index (κ2) is 9.23. The van der Waals surface area contributed by atoms with Crippen LogP contribution in [0, 0.1) is 6.92 Å². The Balaban J connectivity index is 2.23. The maximum absolute atomic E-state index is 11.6. The fourth-order valence-electron chi connectivity index (χ4n) is 2.16. The van der Waals surface area contributed by atoms with Crippen LogP contribution in [-0.2, 0) is 0 Å². The topological polar surface area (TPSA) is 44.4 Å². The van der Waals surface area contributed by atoms with Gasteiger partial charge in [0.25, 0.3) is 0 Å². The van der Waals surface area contributed by atoms with Gasteiger partial charge in [-0.2, -0.15) is 0 Å². The van der Waals surface area contributed by atoms with E-state index in [2.05, 4.69) is 36.6 Å². The molecule has 0 aliphatic rings. The molecule has 2 amide bonds. The fraction of sp³-hybridized carbons (Fsp3) is 0.562. The smallest absolute Gasteiger partial charge is 0.317 e. The summed E-state index contributed by atoms with van der Waals surface area (Å²) in [7, 11) is 1.69. The zero-order valence-corrected chi connectivity index (χ0v) is 12.9. The van der Waals surface area contributed by atoms with E-state index in [0.29, 0.717) is 0 Å². The van der Waals surface area contributed by atoms with Gasteiger partial charge >= 0.3 is 6.03 Å². The predicted molar refractivity (Wildman–Crippen MR) is 85.2 cm³/mol. The summed E-state index contributed by atoms with van der Waals surface area (Å²) in [5.41, 5.74) is 2.47. The maximum Gasteiger partial charge on any atom is 0.317 e. The van der Waals surface area contributed by atoms with E-state index < -0.39 is 0 Å². The van der Waals surface area contributed by atoms with Crippen molar-refractivity contribution in [3.05, 3.63) is 29.8 Å². The zero-order valence-electron chi connectivity index (χ0n) is 12.9. The first-order valence-corrected chi connectivity index (χ1v) is 7.45. The number of urea groups is 1. The molecule has 0 radical (unpaired) electrons. The number of para-hydroxylation sites is 1. The van der Waals surface area contributed by atoms with Gasteiger partial charge in [0.1, 0.15) is 0 Å². The molecule has 1 aromatic rings. The predicted octanol–water partition coefficient (Wildman–Crippen LogP) is 3.24. The van der Waals surface area contributed by atoms with Gasteiger partial charge in [-0.15, -0.1) is 0 Å². The number of benzene rings is 1. The van der Waals surface area contributed by atoms with Crippen LogP contribution in [0.2, 0.25) is 0 Å². The zero-order chi connectivity index (χ0) is 14.8. The van der Waals surface area contributed by atoms with E-state index in [4.69, 9.17) is 0 Å². The second-order valence-electron chi connectivity index (χ2n) is 4.99. The summed E-state index contributed by atoms with van der Waals surface area (Å²) in [5, 5.41) is 6.14. The van der Waals surface area contributed by atoms with Crippen LogP contribution < -0.4 is 10.6 Å². The first-order valence-electron chi connectivity index (χ1n) is 7.45. The Kier molecular flexibility index (Phi) is 7.55. The van der Waals surface area contributed by atoms with Crippen molar-refractivity contribution in [3.8, 4) is 0 Å². The minimum atomic E-state index is 0.0266. The van der Waals surface area contributed by atoms with Gasteiger partial charge in [-0.25, -0.2) is 4.79 Å². The van der Waals surface area contributed by atoms with Gasteiger partial charge < -0.3 is 15.5 Å². The summed E-state index contributed by atoms with van der Waals surface area (Å²) in [5.74, 6) is 0. The van der Waals surface area contributed by atoms with Crippen LogP contribution in [0.4, 0.5) is 10.5 Å². The summed E-state index contributed by atoms with van der Waals surface area (Å²) in [4.78, 5) is 13.5. The highest BCUT2D eigenvalue weighted by Crippen LogP contribution is 2.13. The van der Waals surface area contributed by atoms with Gasteiger partial charge in [0.15, 0.2) is 0 Å². The van der Waals surface area contributed by atoms with Crippen LogP contribution in [0.1, 0.15) is 31.7 Å². The highest BCUT2D eigenvalue weighted by atomic mass is 16.2. The number of rotatable bonds is 8. The Morgan fingerprint density at radius 1 is 1.20 bits per heavy atom. The van der Waals surface area contributed by atoms with Gasteiger partial charge in [0.2, 0.25) is 0 Å². The highest BCUT2D eigenvalue weighted by Gasteiger charge is 2.09. The van der Waals surface area contributed by atoms with Crippen LogP contribution in [0.5, 0.6) is 0 Å². The van der Waals surface area contributed by atoms with Crippen molar-refractivity contribution in [2.45, 2.75) is 33.1 Å². The molecule has 0 saturated carbocycles. The molecule has 0 saturated heterocycles. The Morgan fingerprint density at radius 3 is 2.60 bits per heavy atom. The van der Waals surface area contributed by atoms with Crippen LogP contribution >= 0.6 is 0 Å². The quantitative estimate of drug-likeness (QED) is 0.716. The Morgan fingerprint density at radius 2 is 1.95 bits per heavy atom. The van der Waals surface area contributed by atoms with E-state index in [-0.39, 0.29) is 6.03 Å². The molecule has 2 N–H and O–H groups in total. The van der Waals surface area contributed by atoms with Gasteiger partial charge in [-0.05, 0) is 37.8 Å². The largest absolute Gasteiger partial charge is 0.385 e. The molecular weight excluding hydrogens is 250 g/mol. The van der Waals surface area contributed by atoms with Crippen molar-refractivity contribution in [1.82, 2.24) is 10.2 Å². The molecule has 1 rings (SSSR count). The summed E-state index contributed by atoms with van der Waals surface area (Å²) < 4.78 is 0. The molecule has 0 aliphatic carbocycles. The van der Waals surface area contributed by atoms with Crippen molar-refractivity contribution in [2.75, 3.05) is 32.0 Å². The highest BCUT2D eigenvalue weighted by molar-refractivity contribution is 5.73. The molecule has 0 atom stereocenters. The molecule has 1 aromatic carbocycles. The Bertz CT molecular complexity index is 406. The van der Waals surface area contributed by atoms with Gasteiger partial charge in [0, 0.05) is 32.4 Å². The molecule has 0 fully saturated rings. The van der Waals surface area contributed by atoms with Crippen molar-refractivity contribution < 1.29 is 4.79 Å². The Hall–Kier alpha value is -1.71. The summed E-state index contributed by atoms with van der Waals surface area (Å²) in [6.07, 6.45) is 3.08. The SMILES string of the molecule is CCCN(CCCCNc1ccccc1C)C(=O)NC. The summed E-state index contributed by atoms with van der Waals surface area (Å²) in [6, 6.07) is 8.33. The molecule has 0 aliphatic heterocycles. The van der Waals surface area contributed by atoms with E-state index in [9.17, 15) is 4.79 Å². The molecule has 0 bridgehead atoms. The van der Waals surface area contributed by atoms with Crippen LogP contribution in [0.15, 0.2) is 24.3 Å². The maximum atomic E-state index is 11.6. The molecule has 0 unspecified atom stereocenters. The molecule has 4 nitrogen and oxygen atoms in total. The monoisotopic (exact) mass is 277 g/mol. The van der Waals surface area contributed by atoms with Crippen LogP contribution in [-0.4, -0.2) is 37.6 Å². The van der Waals surface area contributed by atoms with Crippen molar-refractivity contribution in [3.63, 3.8) is 0 Å². The van der Waals surface area contributed by atoms with Gasteiger partial charge in [-0.3, -0.25) is 0 Å².